The number of hydrazone groups is 1. The summed E-state index contributed by atoms with van der Waals surface area (Å²) >= 11 is 0. The molecule has 1 fully saturated rings. The molecular weight excluding hydrogens is 280 g/mol. The molecule has 6 heteroatoms. The van der Waals surface area contributed by atoms with Crippen LogP contribution in [0.2, 0.25) is 0 Å². The Morgan fingerprint density at radius 1 is 1.45 bits per heavy atom. The van der Waals surface area contributed by atoms with Gasteiger partial charge in [-0.3, -0.25) is 9.59 Å². The van der Waals surface area contributed by atoms with Crippen LogP contribution < -0.4 is 5.43 Å². The van der Waals surface area contributed by atoms with E-state index in [1.54, 1.807) is 18.3 Å². The lowest BCUT2D eigenvalue weighted by atomic mass is 10.1. The topological polar surface area (TPSA) is 77.6 Å². The smallest absolute Gasteiger partial charge is 0.273 e. The van der Waals surface area contributed by atoms with Crippen molar-refractivity contribution in [3.8, 4) is 0 Å². The summed E-state index contributed by atoms with van der Waals surface area (Å²) in [7, 11) is 3.88. The number of H-pyrrole nitrogens is 1. The quantitative estimate of drug-likeness (QED) is 0.616. The molecular formula is C16H20N4O2. The molecule has 0 aromatic carbocycles. The number of hydrogen-bond acceptors (Lipinski definition) is 4. The number of carbonyl (C=O) groups is 2. The molecule has 2 heterocycles. The van der Waals surface area contributed by atoms with Crippen LogP contribution in [0.3, 0.4) is 0 Å². The van der Waals surface area contributed by atoms with E-state index in [1.807, 2.05) is 19.0 Å². The zero-order chi connectivity index (χ0) is 15.7. The van der Waals surface area contributed by atoms with Crippen molar-refractivity contribution in [2.45, 2.75) is 19.3 Å². The van der Waals surface area contributed by atoms with Gasteiger partial charge in [-0.15, -0.1) is 0 Å². The van der Waals surface area contributed by atoms with Gasteiger partial charge in [0.1, 0.15) is 0 Å². The van der Waals surface area contributed by atoms with E-state index in [2.05, 4.69) is 15.5 Å². The minimum Gasteiger partial charge on any atom is -0.361 e. The van der Waals surface area contributed by atoms with Crippen molar-refractivity contribution >= 4 is 23.5 Å². The van der Waals surface area contributed by atoms with Gasteiger partial charge in [0, 0.05) is 36.3 Å². The first kappa shape index (κ1) is 14.7. The van der Waals surface area contributed by atoms with E-state index in [4.69, 9.17) is 0 Å². The number of ketones is 1. The van der Waals surface area contributed by atoms with E-state index in [9.17, 15) is 9.59 Å². The van der Waals surface area contributed by atoms with E-state index in [1.165, 1.54) is 0 Å². The Morgan fingerprint density at radius 3 is 2.91 bits per heavy atom. The van der Waals surface area contributed by atoms with Crippen molar-refractivity contribution in [2.24, 2.45) is 11.0 Å². The second-order valence-corrected chi connectivity index (χ2v) is 6.09. The molecule has 0 radical (unpaired) electrons. The highest BCUT2D eigenvalue weighted by atomic mass is 16.2. The van der Waals surface area contributed by atoms with Crippen molar-refractivity contribution < 1.29 is 9.59 Å². The summed E-state index contributed by atoms with van der Waals surface area (Å²) in [6.07, 6.45) is 6.14. The van der Waals surface area contributed by atoms with Gasteiger partial charge < -0.3 is 9.88 Å². The minimum absolute atomic E-state index is 0.0987. The maximum absolute atomic E-state index is 12.1. The molecule has 22 heavy (non-hydrogen) atoms. The largest absolute Gasteiger partial charge is 0.361 e. The fourth-order valence-corrected chi connectivity index (χ4v) is 2.44. The molecule has 2 N–H and O–H groups in total. The van der Waals surface area contributed by atoms with Crippen LogP contribution in [-0.2, 0) is 4.79 Å². The van der Waals surface area contributed by atoms with Gasteiger partial charge in [-0.25, -0.2) is 5.43 Å². The van der Waals surface area contributed by atoms with Crippen LogP contribution in [0.4, 0.5) is 0 Å². The third kappa shape index (κ3) is 3.17. The maximum atomic E-state index is 12.1. The van der Waals surface area contributed by atoms with Crippen molar-refractivity contribution in [3.63, 3.8) is 0 Å². The fraction of sp³-hybridized carbons (Fsp3) is 0.438. The highest BCUT2D eigenvalue weighted by Gasteiger charge is 2.35. The minimum atomic E-state index is -0.169. The SMILES string of the molecule is CN(C)CCC(=O)c1c[nH]c(/C=C2\C(=O)NN=C2C2CC2)c1. The summed E-state index contributed by atoms with van der Waals surface area (Å²) in [4.78, 5) is 29.0. The molecule has 0 bridgehead atoms. The normalized spacial score (nSPS) is 19.7. The van der Waals surface area contributed by atoms with Crippen LogP contribution >= 0.6 is 0 Å². The number of nitrogens with one attached hydrogen (secondary N) is 2. The Labute approximate surface area is 129 Å². The highest BCUT2D eigenvalue weighted by molar-refractivity contribution is 6.28. The van der Waals surface area contributed by atoms with Gasteiger partial charge in [0.05, 0.1) is 11.3 Å². The van der Waals surface area contributed by atoms with Crippen LogP contribution in [0.5, 0.6) is 0 Å². The second kappa shape index (κ2) is 5.88. The molecule has 6 nitrogen and oxygen atoms in total. The lowest BCUT2D eigenvalue weighted by Crippen LogP contribution is -2.16. The zero-order valence-electron chi connectivity index (χ0n) is 12.8. The average Bonchev–Trinajstić information content (AvgIpc) is 3.11. The summed E-state index contributed by atoms with van der Waals surface area (Å²) < 4.78 is 0. The van der Waals surface area contributed by atoms with Crippen molar-refractivity contribution in [2.75, 3.05) is 20.6 Å². The number of rotatable bonds is 6. The lowest BCUT2D eigenvalue weighted by Gasteiger charge is -2.07. The van der Waals surface area contributed by atoms with E-state index >= 15 is 0 Å². The number of carbonyl (C=O) groups excluding carboxylic acids is 2. The van der Waals surface area contributed by atoms with E-state index in [-0.39, 0.29) is 11.7 Å². The molecule has 1 aliphatic heterocycles. The lowest BCUT2D eigenvalue weighted by molar-refractivity contribution is -0.116. The van der Waals surface area contributed by atoms with Crippen LogP contribution in [0, 0.1) is 5.92 Å². The standard InChI is InChI=1S/C16H20N4O2/c1-20(2)6-5-14(21)11-7-12(17-9-11)8-13-15(10-3-4-10)18-19-16(13)22/h7-10,17H,3-6H2,1-2H3,(H,19,22)/b13-8-. The highest BCUT2D eigenvalue weighted by Crippen LogP contribution is 2.35. The molecule has 1 aliphatic carbocycles. The van der Waals surface area contributed by atoms with E-state index < -0.39 is 0 Å². The Morgan fingerprint density at radius 2 is 2.23 bits per heavy atom. The number of Topliss-reactive ketones (excluding diaryl/α,β-unsaturated/α-hetero) is 1. The number of aromatic nitrogens is 1. The molecule has 0 unspecified atom stereocenters. The molecule has 0 atom stereocenters. The third-order valence-corrected chi connectivity index (χ3v) is 3.88. The van der Waals surface area contributed by atoms with E-state index in [0.717, 1.165) is 30.8 Å². The van der Waals surface area contributed by atoms with Crippen LogP contribution in [0.15, 0.2) is 22.9 Å². The van der Waals surface area contributed by atoms with Gasteiger partial charge in [0.25, 0.3) is 5.91 Å². The predicted octanol–water partition coefficient (Wildman–Crippen LogP) is 1.43. The monoisotopic (exact) mass is 300 g/mol. The zero-order valence-corrected chi connectivity index (χ0v) is 12.8. The van der Waals surface area contributed by atoms with Gasteiger partial charge in [0.15, 0.2) is 5.78 Å². The first-order valence-electron chi connectivity index (χ1n) is 7.51. The third-order valence-electron chi connectivity index (χ3n) is 3.88. The number of aromatic amines is 1. The fourth-order valence-electron chi connectivity index (χ4n) is 2.44. The second-order valence-electron chi connectivity index (χ2n) is 6.09. The molecule has 0 saturated heterocycles. The molecule has 116 valence electrons. The van der Waals surface area contributed by atoms with Gasteiger partial charge >= 0.3 is 0 Å². The van der Waals surface area contributed by atoms with Gasteiger partial charge in [0.2, 0.25) is 0 Å². The maximum Gasteiger partial charge on any atom is 0.273 e. The van der Waals surface area contributed by atoms with Crippen LogP contribution in [-0.4, -0.2) is 47.9 Å². The summed E-state index contributed by atoms with van der Waals surface area (Å²) in [5.74, 6) is 0.333. The van der Waals surface area contributed by atoms with Crippen LogP contribution in [0.25, 0.3) is 6.08 Å². The Bertz CT molecular complexity index is 665. The Kier molecular flexibility index (Phi) is 3.94. The van der Waals surface area contributed by atoms with Gasteiger partial charge in [-0.2, -0.15) is 5.10 Å². The first-order valence-corrected chi connectivity index (χ1v) is 7.51. The number of amides is 1. The van der Waals surface area contributed by atoms with Crippen LogP contribution in [0.1, 0.15) is 35.3 Å². The summed E-state index contributed by atoms with van der Waals surface area (Å²) in [5.41, 5.74) is 5.38. The molecule has 1 aromatic heterocycles. The molecule has 1 amide bonds. The Balaban J connectivity index is 1.73. The molecule has 2 aliphatic rings. The van der Waals surface area contributed by atoms with E-state index in [0.29, 0.717) is 23.5 Å². The summed E-state index contributed by atoms with van der Waals surface area (Å²) in [6, 6.07) is 1.79. The molecule has 1 aromatic rings. The van der Waals surface area contributed by atoms with Gasteiger partial charge in [-0.1, -0.05) is 0 Å². The summed E-state index contributed by atoms with van der Waals surface area (Å²) in [6.45, 7) is 0.724. The molecule has 3 rings (SSSR count). The predicted molar refractivity (Wildman–Crippen MR) is 84.6 cm³/mol. The molecule has 1 saturated carbocycles. The number of hydrogen-bond donors (Lipinski definition) is 2. The summed E-state index contributed by atoms with van der Waals surface area (Å²) in [5, 5.41) is 4.11. The first-order chi connectivity index (χ1) is 10.5. The average molecular weight is 300 g/mol. The van der Waals surface area contributed by atoms with Gasteiger partial charge in [-0.05, 0) is 39.1 Å². The molecule has 0 spiro atoms. The van der Waals surface area contributed by atoms with Crippen molar-refractivity contribution in [1.82, 2.24) is 15.3 Å². The number of nitrogens with zero attached hydrogens (tertiary/aromatic N) is 2. The Hall–Kier alpha value is -2.21. The van der Waals surface area contributed by atoms with Crippen molar-refractivity contribution in [1.29, 1.82) is 0 Å². The van der Waals surface area contributed by atoms with Crippen molar-refractivity contribution in [3.05, 3.63) is 29.1 Å².